The Morgan fingerprint density at radius 3 is 2.62 bits per heavy atom. The molecule has 1 saturated heterocycles. The highest BCUT2D eigenvalue weighted by Gasteiger charge is 2.36. The van der Waals surface area contributed by atoms with Crippen molar-refractivity contribution in [2.45, 2.75) is 32.3 Å². The van der Waals surface area contributed by atoms with Crippen LogP contribution in [0.1, 0.15) is 30.0 Å². The zero-order valence-electron chi connectivity index (χ0n) is 13.7. The third kappa shape index (κ3) is 2.50. The largest absolute Gasteiger partial charge is 0.422 e. The van der Waals surface area contributed by atoms with Gasteiger partial charge < -0.3 is 14.4 Å². The van der Waals surface area contributed by atoms with Crippen molar-refractivity contribution in [2.24, 2.45) is 0 Å². The van der Waals surface area contributed by atoms with E-state index in [0.717, 1.165) is 17.1 Å². The molecular weight excluding hydrogens is 306 g/mol. The van der Waals surface area contributed by atoms with Crippen LogP contribution in [0.5, 0.6) is 0 Å². The first-order valence-corrected chi connectivity index (χ1v) is 8.04. The van der Waals surface area contributed by atoms with E-state index >= 15 is 0 Å². The van der Waals surface area contributed by atoms with E-state index in [4.69, 9.17) is 4.42 Å². The fourth-order valence-electron chi connectivity index (χ4n) is 3.17. The highest BCUT2D eigenvalue weighted by atomic mass is 16.4. The van der Waals surface area contributed by atoms with Crippen molar-refractivity contribution >= 4 is 17.0 Å². The molecule has 3 aromatic heterocycles. The fourth-order valence-corrected chi connectivity index (χ4v) is 3.17. The van der Waals surface area contributed by atoms with Crippen LogP contribution in [0.15, 0.2) is 29.1 Å². The Bertz CT molecular complexity index is 866. The minimum absolute atomic E-state index is 0.499. The second-order valence-electron chi connectivity index (χ2n) is 6.32. The molecule has 124 valence electrons. The van der Waals surface area contributed by atoms with Crippen molar-refractivity contribution in [1.82, 2.24) is 19.9 Å². The molecule has 0 bridgehead atoms. The molecule has 0 aromatic carbocycles. The number of hydrogen-bond donors (Lipinski definition) is 1. The van der Waals surface area contributed by atoms with E-state index in [0.29, 0.717) is 43.1 Å². The maximum atomic E-state index is 11.0. The number of nitrogens with zero attached hydrogens (tertiary/aromatic N) is 5. The molecule has 24 heavy (non-hydrogen) atoms. The lowest BCUT2D eigenvalue weighted by atomic mass is 9.87. The lowest BCUT2D eigenvalue weighted by Gasteiger charge is -2.38. The zero-order valence-corrected chi connectivity index (χ0v) is 13.7. The molecule has 1 aliphatic rings. The number of aromatic nitrogens is 4. The minimum Gasteiger partial charge on any atom is -0.422 e. The van der Waals surface area contributed by atoms with E-state index in [1.54, 1.807) is 13.1 Å². The van der Waals surface area contributed by atoms with Crippen LogP contribution in [-0.2, 0) is 5.60 Å². The molecule has 4 heterocycles. The first kappa shape index (κ1) is 15.0. The molecule has 7 heteroatoms. The number of fused-ring (bicyclic) bond motifs is 1. The number of oxazole rings is 1. The fraction of sp³-hybridized carbons (Fsp3) is 0.412. The molecule has 3 aromatic rings. The average molecular weight is 325 g/mol. The van der Waals surface area contributed by atoms with E-state index in [1.165, 1.54) is 6.33 Å². The van der Waals surface area contributed by atoms with Gasteiger partial charge in [0.2, 0.25) is 0 Å². The Labute approximate surface area is 139 Å². The molecule has 0 unspecified atom stereocenters. The van der Waals surface area contributed by atoms with E-state index < -0.39 is 5.60 Å². The molecule has 1 N–H and O–H groups in total. The van der Waals surface area contributed by atoms with E-state index in [9.17, 15) is 5.11 Å². The molecule has 1 fully saturated rings. The van der Waals surface area contributed by atoms with E-state index in [-0.39, 0.29) is 0 Å². The van der Waals surface area contributed by atoms with Gasteiger partial charge in [0.15, 0.2) is 17.2 Å². The van der Waals surface area contributed by atoms with Gasteiger partial charge in [-0.2, -0.15) is 4.98 Å². The van der Waals surface area contributed by atoms with Gasteiger partial charge in [0, 0.05) is 26.2 Å². The minimum atomic E-state index is -0.893. The zero-order chi connectivity index (χ0) is 16.7. The summed E-state index contributed by atoms with van der Waals surface area (Å²) in [4.78, 5) is 19.4. The number of pyridine rings is 1. The smallest absolute Gasteiger partial charge is 0.252 e. The third-order valence-corrected chi connectivity index (χ3v) is 4.56. The van der Waals surface area contributed by atoms with E-state index in [1.807, 2.05) is 19.1 Å². The predicted octanol–water partition coefficient (Wildman–Crippen LogP) is 2.12. The maximum absolute atomic E-state index is 11.0. The Morgan fingerprint density at radius 1 is 1.12 bits per heavy atom. The lowest BCUT2D eigenvalue weighted by molar-refractivity contribution is 0.00752. The third-order valence-electron chi connectivity index (χ3n) is 4.56. The quantitative estimate of drug-likeness (QED) is 0.772. The Hall–Kier alpha value is -2.54. The molecule has 0 spiro atoms. The monoisotopic (exact) mass is 325 g/mol. The molecule has 0 atom stereocenters. The molecule has 7 nitrogen and oxygen atoms in total. The number of anilines is 1. The molecular formula is C17H19N5O2. The number of aliphatic hydroxyl groups is 1. The summed E-state index contributed by atoms with van der Waals surface area (Å²) in [6, 6.07) is 3.90. The summed E-state index contributed by atoms with van der Waals surface area (Å²) in [6.45, 7) is 5.13. The summed E-state index contributed by atoms with van der Waals surface area (Å²) in [5, 5.41) is 11.0. The first-order chi connectivity index (χ1) is 11.5. The summed E-state index contributed by atoms with van der Waals surface area (Å²) in [5.74, 6) is 1.33. The molecule has 0 amide bonds. The van der Waals surface area contributed by atoms with Crippen molar-refractivity contribution in [2.75, 3.05) is 18.0 Å². The summed E-state index contributed by atoms with van der Waals surface area (Å²) in [5.41, 5.74) is 2.10. The summed E-state index contributed by atoms with van der Waals surface area (Å²) in [6.07, 6.45) is 4.47. The normalized spacial score (nSPS) is 17.4. The topological polar surface area (TPSA) is 88.2 Å². The summed E-state index contributed by atoms with van der Waals surface area (Å²) in [7, 11) is 0. The number of hydrogen-bond acceptors (Lipinski definition) is 7. The van der Waals surface area contributed by atoms with Crippen molar-refractivity contribution in [3.05, 3.63) is 41.8 Å². The van der Waals surface area contributed by atoms with Crippen LogP contribution in [0.2, 0.25) is 0 Å². The van der Waals surface area contributed by atoms with Crippen LogP contribution in [0.25, 0.3) is 11.2 Å². The van der Waals surface area contributed by atoms with Gasteiger partial charge in [-0.1, -0.05) is 6.07 Å². The van der Waals surface area contributed by atoms with Crippen molar-refractivity contribution in [3.8, 4) is 0 Å². The van der Waals surface area contributed by atoms with Crippen molar-refractivity contribution < 1.29 is 9.52 Å². The van der Waals surface area contributed by atoms with Crippen LogP contribution in [-0.4, -0.2) is 38.1 Å². The standard InChI is InChI=1S/C17H19N5O2/c1-11-3-4-13(18-9-11)17(23)5-7-22(8-6-17)15-14-16(20-10-19-15)24-12(2)21-14/h3-4,9-10,23H,5-8H2,1-2H3. The van der Waals surface area contributed by atoms with Crippen LogP contribution in [0.4, 0.5) is 5.82 Å². The second kappa shape index (κ2) is 5.52. The van der Waals surface area contributed by atoms with E-state index in [2.05, 4.69) is 24.8 Å². The van der Waals surface area contributed by atoms with Crippen LogP contribution < -0.4 is 4.90 Å². The van der Waals surface area contributed by atoms with Gasteiger partial charge in [0.25, 0.3) is 5.71 Å². The van der Waals surface area contributed by atoms with Crippen molar-refractivity contribution in [3.63, 3.8) is 0 Å². The van der Waals surface area contributed by atoms with Crippen molar-refractivity contribution in [1.29, 1.82) is 0 Å². The van der Waals surface area contributed by atoms with Gasteiger partial charge in [-0.3, -0.25) is 4.98 Å². The Kier molecular flexibility index (Phi) is 3.45. The van der Waals surface area contributed by atoms with Gasteiger partial charge in [0.1, 0.15) is 11.9 Å². The molecule has 4 rings (SSSR count). The first-order valence-electron chi connectivity index (χ1n) is 8.04. The molecule has 0 saturated carbocycles. The summed E-state index contributed by atoms with van der Waals surface area (Å²) >= 11 is 0. The van der Waals surface area contributed by atoms with Crippen LogP contribution in [0, 0.1) is 13.8 Å². The number of rotatable bonds is 2. The molecule has 1 aliphatic heterocycles. The van der Waals surface area contributed by atoms with Gasteiger partial charge in [-0.25, -0.2) is 9.97 Å². The molecule has 0 aliphatic carbocycles. The molecule has 0 radical (unpaired) electrons. The summed E-state index contributed by atoms with van der Waals surface area (Å²) < 4.78 is 5.47. The van der Waals surface area contributed by atoms with Gasteiger partial charge >= 0.3 is 0 Å². The van der Waals surface area contributed by atoms with Crippen LogP contribution in [0.3, 0.4) is 0 Å². The highest BCUT2D eigenvalue weighted by molar-refractivity contribution is 5.81. The predicted molar refractivity (Wildman–Crippen MR) is 88.7 cm³/mol. The lowest BCUT2D eigenvalue weighted by Crippen LogP contribution is -2.43. The van der Waals surface area contributed by atoms with Crippen LogP contribution >= 0.6 is 0 Å². The van der Waals surface area contributed by atoms with Gasteiger partial charge in [-0.15, -0.1) is 0 Å². The van der Waals surface area contributed by atoms with Gasteiger partial charge in [-0.05, 0) is 31.4 Å². The number of piperidine rings is 1. The second-order valence-corrected chi connectivity index (χ2v) is 6.32. The average Bonchev–Trinajstić information content (AvgIpc) is 2.96. The highest BCUT2D eigenvalue weighted by Crippen LogP contribution is 2.34. The maximum Gasteiger partial charge on any atom is 0.252 e. The SMILES string of the molecule is Cc1ccc(C2(O)CCN(c3ncnc4oc(C)nc34)CC2)nc1. The van der Waals surface area contributed by atoms with Gasteiger partial charge in [0.05, 0.1) is 5.69 Å². The Balaban J connectivity index is 1.58. The Morgan fingerprint density at radius 2 is 1.92 bits per heavy atom. The number of aryl methyl sites for hydroxylation is 2.